The third-order valence-corrected chi connectivity index (χ3v) is 4.14. The largest absolute Gasteiger partial charge is 1.00 e. The summed E-state index contributed by atoms with van der Waals surface area (Å²) in [6.07, 6.45) is 21.7. The number of halogens is 1. The third kappa shape index (κ3) is 11.2. The van der Waals surface area contributed by atoms with Crippen LogP contribution in [0.2, 0.25) is 0 Å². The van der Waals surface area contributed by atoms with Crippen LogP contribution in [0, 0.1) is 0 Å². The molecule has 0 bridgehead atoms. The lowest BCUT2D eigenvalue weighted by molar-refractivity contribution is -0.696. The van der Waals surface area contributed by atoms with Gasteiger partial charge in [-0.3, -0.25) is 0 Å². The molecule has 0 aliphatic rings. The predicted octanol–water partition coefficient (Wildman–Crippen LogP) is 1.05. The Hall–Kier alpha value is -0.350. The number of nitrogens with zero attached hydrogens (tertiary/aromatic N) is 2. The molecule has 0 saturated heterocycles. The van der Waals surface area contributed by atoms with E-state index in [1.807, 2.05) is 0 Å². The van der Waals surface area contributed by atoms with Crippen LogP contribution >= 0.6 is 0 Å². The minimum atomic E-state index is 0. The van der Waals surface area contributed by atoms with E-state index in [-0.39, 0.29) is 17.0 Å². The molecule has 0 aliphatic carbocycles. The van der Waals surface area contributed by atoms with Crippen LogP contribution in [0.3, 0.4) is 0 Å². The Kier molecular flexibility index (Phi) is 15.3. The molecule has 1 aromatic rings. The van der Waals surface area contributed by atoms with E-state index < -0.39 is 0 Å². The van der Waals surface area contributed by atoms with E-state index >= 15 is 0 Å². The van der Waals surface area contributed by atoms with E-state index in [9.17, 15) is 0 Å². The number of nitrogens with two attached hydrogens (primary N) is 1. The lowest BCUT2D eigenvalue weighted by Crippen LogP contribution is -3.00. The topological polar surface area (TPSA) is 34.8 Å². The highest BCUT2D eigenvalue weighted by molar-refractivity contribution is 4.66. The molecule has 3 nitrogen and oxygen atoms in total. The van der Waals surface area contributed by atoms with Crippen molar-refractivity contribution in [3.63, 3.8) is 0 Å². The molecule has 0 aliphatic heterocycles. The van der Waals surface area contributed by atoms with Crippen LogP contribution in [-0.4, -0.2) is 11.1 Å². The van der Waals surface area contributed by atoms with Gasteiger partial charge in [0, 0.05) is 0 Å². The van der Waals surface area contributed by atoms with Gasteiger partial charge in [-0.05, 0) is 25.8 Å². The first-order valence-electron chi connectivity index (χ1n) is 9.11. The molecule has 0 radical (unpaired) electrons. The number of aryl methyl sites for hydroxylation is 2. The summed E-state index contributed by atoms with van der Waals surface area (Å²) in [6, 6.07) is 0. The van der Waals surface area contributed by atoms with Crippen molar-refractivity contribution < 1.29 is 21.5 Å². The molecular formula is C18H36BrN3. The summed E-state index contributed by atoms with van der Waals surface area (Å²) in [5.74, 6) is 0. The molecule has 4 heteroatoms. The molecule has 2 N–H and O–H groups in total. The summed E-state index contributed by atoms with van der Waals surface area (Å²) in [5.41, 5.74) is 5.54. The molecule has 1 aromatic heterocycles. The standard InChI is InChI=1S/C18H36N3.BrH/c1-2-3-4-5-6-7-8-9-10-11-14-20-16-17-21(18-20)15-12-13-19;/h16-18H,2-15,19H2,1H3;1H/q+1;/p-1. The van der Waals surface area contributed by atoms with Gasteiger partial charge in [0.15, 0.2) is 0 Å². The Morgan fingerprint density at radius 2 is 1.45 bits per heavy atom. The molecule has 0 fully saturated rings. The minimum absolute atomic E-state index is 0. The highest BCUT2D eigenvalue weighted by Gasteiger charge is 2.02. The number of unbranched alkanes of at least 4 members (excludes halogenated alkanes) is 9. The predicted molar refractivity (Wildman–Crippen MR) is 90.1 cm³/mol. The highest BCUT2D eigenvalue weighted by atomic mass is 79.9. The monoisotopic (exact) mass is 373 g/mol. The summed E-state index contributed by atoms with van der Waals surface area (Å²) >= 11 is 0. The summed E-state index contributed by atoms with van der Waals surface area (Å²) in [6.45, 7) is 5.26. The summed E-state index contributed by atoms with van der Waals surface area (Å²) in [4.78, 5) is 0. The Bertz CT molecular complexity index is 339. The summed E-state index contributed by atoms with van der Waals surface area (Å²) < 4.78 is 4.55. The van der Waals surface area contributed by atoms with Crippen LogP contribution < -0.4 is 27.3 Å². The number of rotatable bonds is 14. The van der Waals surface area contributed by atoms with Crippen molar-refractivity contribution in [2.75, 3.05) is 6.54 Å². The van der Waals surface area contributed by atoms with Crippen LogP contribution in [0.5, 0.6) is 0 Å². The second-order valence-corrected chi connectivity index (χ2v) is 6.21. The molecule has 1 heterocycles. The zero-order valence-corrected chi connectivity index (χ0v) is 16.1. The Morgan fingerprint density at radius 3 is 2.05 bits per heavy atom. The van der Waals surface area contributed by atoms with E-state index in [2.05, 4.69) is 34.8 Å². The average molecular weight is 374 g/mol. The normalized spacial score (nSPS) is 10.6. The Labute approximate surface area is 148 Å². The van der Waals surface area contributed by atoms with Gasteiger partial charge in [-0.1, -0.05) is 58.3 Å². The first-order chi connectivity index (χ1) is 10.4. The van der Waals surface area contributed by atoms with E-state index in [1.165, 1.54) is 64.2 Å². The lowest BCUT2D eigenvalue weighted by Gasteiger charge is -2.01. The molecule has 0 amide bonds. The number of hydrogen-bond acceptors (Lipinski definition) is 1. The van der Waals surface area contributed by atoms with Gasteiger partial charge in [-0.2, -0.15) is 0 Å². The van der Waals surface area contributed by atoms with Crippen LogP contribution in [0.25, 0.3) is 0 Å². The lowest BCUT2D eigenvalue weighted by atomic mass is 10.1. The van der Waals surface area contributed by atoms with Gasteiger partial charge in [-0.15, -0.1) is 0 Å². The summed E-state index contributed by atoms with van der Waals surface area (Å²) in [5, 5.41) is 0. The van der Waals surface area contributed by atoms with Gasteiger partial charge >= 0.3 is 0 Å². The Morgan fingerprint density at radius 1 is 0.864 bits per heavy atom. The third-order valence-electron chi connectivity index (χ3n) is 4.14. The maximum absolute atomic E-state index is 5.54. The SMILES string of the molecule is CCCCCCCCCCCCn1cc[n+](CCCN)c1.[Br-]. The maximum atomic E-state index is 5.54. The highest BCUT2D eigenvalue weighted by Crippen LogP contribution is 2.10. The first-order valence-corrected chi connectivity index (χ1v) is 9.11. The number of imidazole rings is 1. The number of hydrogen-bond donors (Lipinski definition) is 1. The molecule has 0 unspecified atom stereocenters. The minimum Gasteiger partial charge on any atom is -1.00 e. The van der Waals surface area contributed by atoms with E-state index in [4.69, 9.17) is 5.73 Å². The van der Waals surface area contributed by atoms with E-state index in [1.54, 1.807) is 0 Å². The molecule has 0 saturated carbocycles. The molecule has 1 rings (SSSR count). The van der Waals surface area contributed by atoms with Gasteiger partial charge < -0.3 is 22.7 Å². The molecule has 0 atom stereocenters. The molecular weight excluding hydrogens is 338 g/mol. The van der Waals surface area contributed by atoms with Crippen LogP contribution in [0.1, 0.15) is 77.6 Å². The molecule has 22 heavy (non-hydrogen) atoms. The van der Waals surface area contributed by atoms with Gasteiger partial charge in [0.2, 0.25) is 6.33 Å². The number of aromatic nitrogens is 2. The second kappa shape index (κ2) is 15.5. The van der Waals surface area contributed by atoms with Crippen LogP contribution in [0.4, 0.5) is 0 Å². The molecule has 0 spiro atoms. The molecule has 130 valence electrons. The van der Waals surface area contributed by atoms with Crippen molar-refractivity contribution in [3.05, 3.63) is 18.7 Å². The zero-order chi connectivity index (χ0) is 15.2. The van der Waals surface area contributed by atoms with Crippen molar-refractivity contribution in [1.82, 2.24) is 4.57 Å². The molecule has 0 aromatic carbocycles. The van der Waals surface area contributed by atoms with E-state index in [0.717, 1.165) is 26.1 Å². The van der Waals surface area contributed by atoms with Gasteiger partial charge in [0.25, 0.3) is 0 Å². The first kappa shape index (κ1) is 21.6. The fourth-order valence-electron chi connectivity index (χ4n) is 2.76. The average Bonchev–Trinajstić information content (AvgIpc) is 2.95. The van der Waals surface area contributed by atoms with Crippen LogP contribution in [-0.2, 0) is 13.1 Å². The van der Waals surface area contributed by atoms with Crippen molar-refractivity contribution >= 4 is 0 Å². The Balaban J connectivity index is 0.00000441. The fraction of sp³-hybridized carbons (Fsp3) is 0.833. The quantitative estimate of drug-likeness (QED) is 0.383. The van der Waals surface area contributed by atoms with Gasteiger partial charge in [-0.25, -0.2) is 9.13 Å². The van der Waals surface area contributed by atoms with Crippen LogP contribution in [0.15, 0.2) is 18.7 Å². The van der Waals surface area contributed by atoms with Crippen molar-refractivity contribution in [2.24, 2.45) is 5.73 Å². The maximum Gasteiger partial charge on any atom is 0.243 e. The van der Waals surface area contributed by atoms with Crippen molar-refractivity contribution in [1.29, 1.82) is 0 Å². The zero-order valence-electron chi connectivity index (χ0n) is 14.5. The second-order valence-electron chi connectivity index (χ2n) is 6.21. The summed E-state index contributed by atoms with van der Waals surface area (Å²) in [7, 11) is 0. The fourth-order valence-corrected chi connectivity index (χ4v) is 2.76. The van der Waals surface area contributed by atoms with Crippen molar-refractivity contribution in [2.45, 2.75) is 90.6 Å². The van der Waals surface area contributed by atoms with Gasteiger partial charge in [0.1, 0.15) is 12.4 Å². The van der Waals surface area contributed by atoms with Gasteiger partial charge in [0.05, 0.1) is 13.1 Å². The van der Waals surface area contributed by atoms with E-state index in [0.29, 0.717) is 0 Å². The van der Waals surface area contributed by atoms with Crippen molar-refractivity contribution in [3.8, 4) is 0 Å². The smallest absolute Gasteiger partial charge is 0.243 e.